The number of nitrogens with zero attached hydrogens (tertiary/aromatic N) is 3. The van der Waals surface area contributed by atoms with Crippen LogP contribution in [-0.4, -0.2) is 15.1 Å². The summed E-state index contributed by atoms with van der Waals surface area (Å²) < 4.78 is 20.6. The molecule has 5 nitrogen and oxygen atoms in total. The molecule has 1 N–H and O–H groups in total. The fraction of sp³-hybridized carbons (Fsp3) is 0. The summed E-state index contributed by atoms with van der Waals surface area (Å²) in [5.74, 6) is 0.116. The van der Waals surface area contributed by atoms with E-state index < -0.39 is 5.82 Å². The van der Waals surface area contributed by atoms with E-state index in [-0.39, 0.29) is 22.9 Å². The van der Waals surface area contributed by atoms with E-state index in [0.717, 1.165) is 6.07 Å². The zero-order valence-electron chi connectivity index (χ0n) is 13.2. The maximum absolute atomic E-state index is 14.2. The average Bonchev–Trinajstić information content (AvgIpc) is 3.13. The van der Waals surface area contributed by atoms with Gasteiger partial charge in [-0.3, -0.25) is 0 Å². The fourth-order valence-corrected chi connectivity index (χ4v) is 3.16. The lowest BCUT2D eigenvalue weighted by molar-refractivity contribution is 0.432. The molecule has 0 saturated carbocycles. The molecule has 0 radical (unpaired) electrons. The molecular weight excluding hydrogens is 353 g/mol. The summed E-state index contributed by atoms with van der Waals surface area (Å²) in [5.41, 5.74) is 1.58. The second kappa shape index (κ2) is 6.43. The molecule has 0 aliphatic heterocycles. The van der Waals surface area contributed by atoms with Crippen LogP contribution in [0.5, 0.6) is 17.4 Å². The highest BCUT2D eigenvalue weighted by Gasteiger charge is 2.15. The van der Waals surface area contributed by atoms with Crippen molar-refractivity contribution in [1.29, 1.82) is 5.26 Å². The third-order valence-electron chi connectivity index (χ3n) is 3.67. The molecule has 0 bridgehead atoms. The van der Waals surface area contributed by atoms with Gasteiger partial charge < -0.3 is 9.84 Å². The number of hydrogen-bond donors (Lipinski definition) is 1. The Hall–Kier alpha value is -3.50. The van der Waals surface area contributed by atoms with E-state index >= 15 is 0 Å². The van der Waals surface area contributed by atoms with E-state index in [9.17, 15) is 9.50 Å². The van der Waals surface area contributed by atoms with Crippen LogP contribution in [0.15, 0.2) is 53.9 Å². The highest BCUT2D eigenvalue weighted by molar-refractivity contribution is 7.17. The number of benzene rings is 2. The summed E-state index contributed by atoms with van der Waals surface area (Å²) in [5, 5.41) is 20.1. The van der Waals surface area contributed by atoms with Crippen molar-refractivity contribution in [3.8, 4) is 34.8 Å². The number of ether oxygens (including phenoxy) is 1. The number of thiophene rings is 1. The van der Waals surface area contributed by atoms with Gasteiger partial charge in [0.2, 0.25) is 5.88 Å². The van der Waals surface area contributed by atoms with Gasteiger partial charge in [0.1, 0.15) is 10.4 Å². The van der Waals surface area contributed by atoms with E-state index in [4.69, 9.17) is 10.00 Å². The first-order valence-corrected chi connectivity index (χ1v) is 8.44. The number of rotatable bonds is 3. The van der Waals surface area contributed by atoms with Gasteiger partial charge >= 0.3 is 0 Å². The molecule has 126 valence electrons. The zero-order chi connectivity index (χ0) is 18.1. The number of nitriles is 1. The number of hydrogen-bond acceptors (Lipinski definition) is 6. The van der Waals surface area contributed by atoms with Crippen molar-refractivity contribution in [3.63, 3.8) is 0 Å². The third kappa shape index (κ3) is 2.94. The molecule has 0 aliphatic carbocycles. The van der Waals surface area contributed by atoms with Crippen molar-refractivity contribution in [2.24, 2.45) is 0 Å². The normalized spacial score (nSPS) is 10.6. The van der Waals surface area contributed by atoms with E-state index in [1.807, 2.05) is 17.5 Å². The van der Waals surface area contributed by atoms with Crippen molar-refractivity contribution in [2.45, 2.75) is 0 Å². The molecule has 2 aromatic carbocycles. The standard InChI is InChI=1S/C19H10FN3O2S/c20-14-9-11(10-21)1-6-16(14)25-19-17-15(7-8-26-17)22-18(23-19)12-2-4-13(24)5-3-12/h1-9,24H. The van der Waals surface area contributed by atoms with Crippen LogP contribution in [0.2, 0.25) is 0 Å². The molecule has 4 aromatic rings. The summed E-state index contributed by atoms with van der Waals surface area (Å²) in [7, 11) is 0. The minimum atomic E-state index is -0.640. The lowest BCUT2D eigenvalue weighted by Gasteiger charge is -2.09. The van der Waals surface area contributed by atoms with E-state index in [0.29, 0.717) is 21.6 Å². The predicted molar refractivity (Wildman–Crippen MR) is 95.7 cm³/mol. The first-order valence-electron chi connectivity index (χ1n) is 7.56. The van der Waals surface area contributed by atoms with E-state index in [1.54, 1.807) is 12.1 Å². The van der Waals surface area contributed by atoms with Crippen molar-refractivity contribution in [2.75, 3.05) is 0 Å². The first-order chi connectivity index (χ1) is 12.6. The van der Waals surface area contributed by atoms with Gasteiger partial charge in [0.25, 0.3) is 0 Å². The van der Waals surface area contributed by atoms with Crippen molar-refractivity contribution in [1.82, 2.24) is 9.97 Å². The number of halogens is 1. The zero-order valence-corrected chi connectivity index (χ0v) is 14.0. The van der Waals surface area contributed by atoms with Gasteiger partial charge in [0, 0.05) is 5.56 Å². The highest BCUT2D eigenvalue weighted by Crippen LogP contribution is 2.34. The molecular formula is C19H10FN3O2S. The minimum Gasteiger partial charge on any atom is -0.508 e. The van der Waals surface area contributed by atoms with Gasteiger partial charge in [-0.15, -0.1) is 11.3 Å². The molecule has 2 heterocycles. The van der Waals surface area contributed by atoms with Gasteiger partial charge in [0.15, 0.2) is 17.4 Å². The summed E-state index contributed by atoms with van der Waals surface area (Å²) in [6.07, 6.45) is 0. The molecule has 0 spiro atoms. The average molecular weight is 363 g/mol. The van der Waals surface area contributed by atoms with Crippen LogP contribution in [0.25, 0.3) is 21.6 Å². The van der Waals surface area contributed by atoms with Crippen LogP contribution in [-0.2, 0) is 0 Å². The van der Waals surface area contributed by atoms with Crippen LogP contribution >= 0.6 is 11.3 Å². The number of phenols is 1. The smallest absolute Gasteiger partial charge is 0.241 e. The molecule has 0 unspecified atom stereocenters. The van der Waals surface area contributed by atoms with Gasteiger partial charge in [-0.1, -0.05) is 0 Å². The maximum atomic E-state index is 14.2. The predicted octanol–water partition coefficient (Wildman–Crippen LogP) is 4.87. The Bertz CT molecular complexity index is 1150. The van der Waals surface area contributed by atoms with Crippen LogP contribution in [0.1, 0.15) is 5.56 Å². The first kappa shape index (κ1) is 16.0. The van der Waals surface area contributed by atoms with Gasteiger partial charge in [-0.05, 0) is 53.9 Å². The Labute approximate surface area is 151 Å². The van der Waals surface area contributed by atoms with Crippen molar-refractivity contribution >= 4 is 21.6 Å². The van der Waals surface area contributed by atoms with Crippen LogP contribution < -0.4 is 4.74 Å². The number of aromatic hydroxyl groups is 1. The number of aromatic nitrogens is 2. The van der Waals surface area contributed by atoms with Crippen LogP contribution in [0.4, 0.5) is 4.39 Å². The highest BCUT2D eigenvalue weighted by atomic mass is 32.1. The molecule has 7 heteroatoms. The Balaban J connectivity index is 1.80. The molecule has 0 saturated heterocycles. The molecule has 0 atom stereocenters. The number of fused-ring (bicyclic) bond motifs is 1. The van der Waals surface area contributed by atoms with Crippen molar-refractivity contribution < 1.29 is 14.2 Å². The summed E-state index contributed by atoms with van der Waals surface area (Å²) >= 11 is 1.39. The Morgan fingerprint density at radius 1 is 1.08 bits per heavy atom. The van der Waals surface area contributed by atoms with Gasteiger partial charge in [-0.2, -0.15) is 10.2 Å². The SMILES string of the molecule is N#Cc1ccc(Oc2nc(-c3ccc(O)cc3)nc3ccsc23)c(F)c1. The second-order valence-corrected chi connectivity index (χ2v) is 6.31. The minimum absolute atomic E-state index is 0.0194. The Kier molecular flexibility index (Phi) is 3.95. The third-order valence-corrected chi connectivity index (χ3v) is 4.56. The fourth-order valence-electron chi connectivity index (χ4n) is 2.40. The maximum Gasteiger partial charge on any atom is 0.241 e. The van der Waals surface area contributed by atoms with E-state index in [2.05, 4.69) is 9.97 Å². The summed E-state index contributed by atoms with van der Waals surface area (Å²) in [4.78, 5) is 8.90. The van der Waals surface area contributed by atoms with Gasteiger partial charge in [-0.25, -0.2) is 9.37 Å². The molecule has 26 heavy (non-hydrogen) atoms. The van der Waals surface area contributed by atoms with Crippen molar-refractivity contribution in [3.05, 3.63) is 65.3 Å². The monoisotopic (exact) mass is 363 g/mol. The summed E-state index contributed by atoms with van der Waals surface area (Å²) in [6.45, 7) is 0. The summed E-state index contributed by atoms with van der Waals surface area (Å²) in [6, 6.07) is 14.2. The Morgan fingerprint density at radius 2 is 1.88 bits per heavy atom. The molecule has 0 amide bonds. The molecule has 0 aliphatic rings. The van der Waals surface area contributed by atoms with E-state index in [1.165, 1.54) is 35.6 Å². The van der Waals surface area contributed by atoms with Crippen LogP contribution in [0.3, 0.4) is 0 Å². The lowest BCUT2D eigenvalue weighted by atomic mass is 10.2. The largest absolute Gasteiger partial charge is 0.508 e. The molecule has 2 aromatic heterocycles. The quantitative estimate of drug-likeness (QED) is 0.562. The van der Waals surface area contributed by atoms with Gasteiger partial charge in [0.05, 0.1) is 17.1 Å². The number of phenolic OH excluding ortho intramolecular Hbond substituents is 1. The molecule has 0 fully saturated rings. The van der Waals surface area contributed by atoms with Crippen LogP contribution in [0, 0.1) is 17.1 Å². The second-order valence-electron chi connectivity index (χ2n) is 5.39. The molecule has 4 rings (SSSR count). The topological polar surface area (TPSA) is 79.0 Å². The lowest BCUT2D eigenvalue weighted by Crippen LogP contribution is -1.96. The Morgan fingerprint density at radius 3 is 2.62 bits per heavy atom.